The second-order valence-corrected chi connectivity index (χ2v) is 8.09. The fourth-order valence-corrected chi connectivity index (χ4v) is 3.56. The molecule has 2 aliphatic rings. The molecular weight excluding hydrogens is 306 g/mol. The smallest absolute Gasteiger partial charge is 0.236 e. The number of sulfonamides is 1. The lowest BCUT2D eigenvalue weighted by atomic mass is 10.0. The Balaban J connectivity index is 1.88. The Morgan fingerprint density at radius 2 is 2.09 bits per heavy atom. The molecule has 2 atom stereocenters. The van der Waals surface area contributed by atoms with E-state index in [1.165, 1.54) is 6.26 Å². The number of carbonyl (C=O) groups is 1. The molecule has 0 aromatic rings. The Kier molecular flexibility index (Phi) is 6.19. The molecule has 128 valence electrons. The summed E-state index contributed by atoms with van der Waals surface area (Å²) >= 11 is 0. The molecule has 0 aliphatic carbocycles. The highest BCUT2D eigenvalue weighted by atomic mass is 32.2. The third kappa shape index (κ3) is 5.49. The summed E-state index contributed by atoms with van der Waals surface area (Å²) < 4.78 is 30.6. The van der Waals surface area contributed by atoms with E-state index in [0.29, 0.717) is 32.8 Å². The summed E-state index contributed by atoms with van der Waals surface area (Å²) in [5, 5.41) is 0. The first-order chi connectivity index (χ1) is 10.3. The normalized spacial score (nSPS) is 27.8. The molecule has 0 spiro atoms. The van der Waals surface area contributed by atoms with Gasteiger partial charge in [0.15, 0.2) is 0 Å². The number of morpholine rings is 1. The van der Waals surface area contributed by atoms with Crippen LogP contribution in [0.15, 0.2) is 0 Å². The third-order valence-electron chi connectivity index (χ3n) is 4.26. The van der Waals surface area contributed by atoms with Gasteiger partial charge in [-0.25, -0.2) is 13.1 Å². The van der Waals surface area contributed by atoms with E-state index in [9.17, 15) is 13.2 Å². The Morgan fingerprint density at radius 1 is 1.32 bits per heavy atom. The highest BCUT2D eigenvalue weighted by Gasteiger charge is 2.28. The van der Waals surface area contributed by atoms with E-state index >= 15 is 0 Å². The van der Waals surface area contributed by atoms with Crippen LogP contribution in [0.3, 0.4) is 0 Å². The van der Waals surface area contributed by atoms with Gasteiger partial charge < -0.3 is 9.64 Å². The van der Waals surface area contributed by atoms with E-state index in [2.05, 4.69) is 9.62 Å². The van der Waals surface area contributed by atoms with Gasteiger partial charge in [-0.15, -0.1) is 0 Å². The van der Waals surface area contributed by atoms with Crippen molar-refractivity contribution in [2.24, 2.45) is 0 Å². The lowest BCUT2D eigenvalue weighted by Crippen LogP contribution is -2.53. The van der Waals surface area contributed by atoms with Crippen LogP contribution in [0.5, 0.6) is 0 Å². The van der Waals surface area contributed by atoms with E-state index in [1.54, 1.807) is 0 Å². The van der Waals surface area contributed by atoms with Crippen molar-refractivity contribution in [2.45, 2.75) is 38.3 Å². The summed E-state index contributed by atoms with van der Waals surface area (Å²) in [5.41, 5.74) is 0. The van der Waals surface area contributed by atoms with Crippen LogP contribution >= 0.6 is 0 Å². The van der Waals surface area contributed by atoms with Crippen molar-refractivity contribution < 1.29 is 17.9 Å². The van der Waals surface area contributed by atoms with Crippen LogP contribution in [-0.4, -0.2) is 81.9 Å². The van der Waals surface area contributed by atoms with E-state index in [0.717, 1.165) is 25.8 Å². The molecule has 1 amide bonds. The predicted octanol–water partition coefficient (Wildman–Crippen LogP) is -0.363. The predicted molar refractivity (Wildman–Crippen MR) is 84.1 cm³/mol. The van der Waals surface area contributed by atoms with Crippen molar-refractivity contribution in [3.05, 3.63) is 0 Å². The van der Waals surface area contributed by atoms with Gasteiger partial charge in [-0.2, -0.15) is 0 Å². The average Bonchev–Trinajstić information content (AvgIpc) is 2.45. The van der Waals surface area contributed by atoms with Gasteiger partial charge in [0.2, 0.25) is 15.9 Å². The molecule has 2 aliphatic heterocycles. The number of ether oxygens (including phenoxy) is 1. The molecule has 8 heteroatoms. The van der Waals surface area contributed by atoms with Gasteiger partial charge in [-0.1, -0.05) is 6.42 Å². The Hall–Kier alpha value is -0.700. The minimum atomic E-state index is -3.19. The molecule has 1 N–H and O–H groups in total. The second-order valence-electron chi connectivity index (χ2n) is 6.26. The van der Waals surface area contributed by atoms with Crippen molar-refractivity contribution in [3.63, 3.8) is 0 Å². The molecule has 0 aromatic carbocycles. The van der Waals surface area contributed by atoms with Crippen LogP contribution in [-0.2, 0) is 19.6 Å². The monoisotopic (exact) mass is 333 g/mol. The maximum absolute atomic E-state index is 12.4. The zero-order valence-corrected chi connectivity index (χ0v) is 14.3. The van der Waals surface area contributed by atoms with Gasteiger partial charge >= 0.3 is 0 Å². The minimum absolute atomic E-state index is 0.0850. The third-order valence-corrected chi connectivity index (χ3v) is 4.95. The first kappa shape index (κ1) is 17.7. The fourth-order valence-electron chi connectivity index (χ4n) is 3.07. The summed E-state index contributed by atoms with van der Waals surface area (Å²) in [7, 11) is -3.19. The van der Waals surface area contributed by atoms with Crippen LogP contribution in [0.25, 0.3) is 0 Å². The molecule has 2 rings (SSSR count). The molecule has 0 bridgehead atoms. The van der Waals surface area contributed by atoms with Crippen LogP contribution in [0, 0.1) is 0 Å². The molecule has 2 heterocycles. The summed E-state index contributed by atoms with van der Waals surface area (Å²) in [6.07, 6.45) is 4.31. The standard InChI is InChI=1S/C14H27N3O4S/c1-12-10-17(7-8-21-12)14(18)11-16-6-4-3-5-13(16)9-15-22(2,19)20/h12-13,15H,3-11H2,1-2H3. The number of hydrogen-bond acceptors (Lipinski definition) is 5. The Bertz CT molecular complexity index is 482. The maximum atomic E-state index is 12.4. The van der Waals surface area contributed by atoms with E-state index < -0.39 is 10.0 Å². The number of likely N-dealkylation sites (tertiary alicyclic amines) is 1. The number of nitrogens with one attached hydrogen (secondary N) is 1. The van der Waals surface area contributed by atoms with Crippen LogP contribution in [0.4, 0.5) is 0 Å². The first-order valence-electron chi connectivity index (χ1n) is 7.93. The van der Waals surface area contributed by atoms with Gasteiger partial charge in [0.25, 0.3) is 0 Å². The molecule has 0 aromatic heterocycles. The quantitative estimate of drug-likeness (QED) is 0.743. The summed E-state index contributed by atoms with van der Waals surface area (Å²) in [5.74, 6) is 0.112. The number of hydrogen-bond donors (Lipinski definition) is 1. The highest BCUT2D eigenvalue weighted by Crippen LogP contribution is 2.17. The van der Waals surface area contributed by atoms with Gasteiger partial charge in [0.05, 0.1) is 25.5 Å². The lowest BCUT2D eigenvalue weighted by molar-refractivity contribution is -0.140. The number of amides is 1. The van der Waals surface area contributed by atoms with Crippen LogP contribution in [0.1, 0.15) is 26.2 Å². The van der Waals surface area contributed by atoms with Crippen molar-refractivity contribution in [1.29, 1.82) is 0 Å². The fraction of sp³-hybridized carbons (Fsp3) is 0.929. The Labute approximate surface area is 133 Å². The van der Waals surface area contributed by atoms with Crippen molar-refractivity contribution in [2.75, 3.05) is 45.6 Å². The number of rotatable bonds is 5. The molecule has 2 unspecified atom stereocenters. The maximum Gasteiger partial charge on any atom is 0.236 e. The molecule has 0 saturated carbocycles. The van der Waals surface area contributed by atoms with Gasteiger partial charge in [0.1, 0.15) is 0 Å². The SMILES string of the molecule is CC1CN(C(=O)CN2CCCCC2CNS(C)(=O)=O)CCO1. The number of piperidine rings is 1. The molecule has 2 fully saturated rings. The van der Waals surface area contributed by atoms with E-state index in [4.69, 9.17) is 4.74 Å². The van der Waals surface area contributed by atoms with Gasteiger partial charge in [-0.05, 0) is 26.3 Å². The largest absolute Gasteiger partial charge is 0.375 e. The average molecular weight is 333 g/mol. The lowest BCUT2D eigenvalue weighted by Gasteiger charge is -2.38. The summed E-state index contributed by atoms with van der Waals surface area (Å²) in [6, 6.07) is 0.103. The van der Waals surface area contributed by atoms with Crippen molar-refractivity contribution >= 4 is 15.9 Å². The molecular formula is C14H27N3O4S. The first-order valence-corrected chi connectivity index (χ1v) is 9.82. The second kappa shape index (κ2) is 7.72. The summed E-state index contributed by atoms with van der Waals surface area (Å²) in [6.45, 7) is 5.43. The van der Waals surface area contributed by atoms with Gasteiger partial charge in [0, 0.05) is 25.7 Å². The molecule has 7 nitrogen and oxygen atoms in total. The van der Waals surface area contributed by atoms with Crippen LogP contribution < -0.4 is 4.72 Å². The summed E-state index contributed by atoms with van der Waals surface area (Å²) in [4.78, 5) is 16.4. The zero-order valence-electron chi connectivity index (χ0n) is 13.5. The minimum Gasteiger partial charge on any atom is -0.375 e. The van der Waals surface area contributed by atoms with Crippen molar-refractivity contribution in [3.8, 4) is 0 Å². The molecule has 0 radical (unpaired) electrons. The number of nitrogens with zero attached hydrogens (tertiary/aromatic N) is 2. The highest BCUT2D eigenvalue weighted by molar-refractivity contribution is 7.88. The van der Waals surface area contributed by atoms with E-state index in [-0.39, 0.29) is 18.1 Å². The molecule has 22 heavy (non-hydrogen) atoms. The number of carbonyl (C=O) groups excluding carboxylic acids is 1. The Morgan fingerprint density at radius 3 is 2.77 bits per heavy atom. The van der Waals surface area contributed by atoms with E-state index in [1.807, 2.05) is 11.8 Å². The van der Waals surface area contributed by atoms with Crippen LogP contribution in [0.2, 0.25) is 0 Å². The molecule has 2 saturated heterocycles. The van der Waals surface area contributed by atoms with Gasteiger partial charge in [-0.3, -0.25) is 9.69 Å². The topological polar surface area (TPSA) is 79.0 Å². The van der Waals surface area contributed by atoms with Crippen molar-refractivity contribution in [1.82, 2.24) is 14.5 Å². The zero-order chi connectivity index (χ0) is 16.2.